The van der Waals surface area contributed by atoms with Crippen LogP contribution in [0.2, 0.25) is 0 Å². The van der Waals surface area contributed by atoms with Gasteiger partial charge in [0.1, 0.15) is 12.3 Å². The van der Waals surface area contributed by atoms with Crippen LogP contribution in [0.5, 0.6) is 0 Å². The number of benzene rings is 1. The fraction of sp³-hybridized carbons (Fsp3) is 0.200. The number of anilines is 1. The minimum Gasteiger partial charge on any atom is -0.480 e. The van der Waals surface area contributed by atoms with Gasteiger partial charge in [0.05, 0.1) is 12.3 Å². The van der Waals surface area contributed by atoms with Crippen molar-refractivity contribution in [3.05, 3.63) is 54.5 Å². The van der Waals surface area contributed by atoms with E-state index in [1.165, 1.54) is 11.2 Å². The van der Waals surface area contributed by atoms with Gasteiger partial charge in [0.25, 0.3) is 0 Å². The minimum atomic E-state index is -1.08. The van der Waals surface area contributed by atoms with E-state index in [0.717, 1.165) is 0 Å². The van der Waals surface area contributed by atoms with Crippen LogP contribution in [0.25, 0.3) is 0 Å². The predicted molar refractivity (Wildman–Crippen MR) is 77.1 cm³/mol. The van der Waals surface area contributed by atoms with Gasteiger partial charge in [0.15, 0.2) is 0 Å². The highest BCUT2D eigenvalue weighted by Gasteiger charge is 2.21. The van der Waals surface area contributed by atoms with Crippen LogP contribution < -0.4 is 10.2 Å². The van der Waals surface area contributed by atoms with E-state index in [1.54, 1.807) is 49.4 Å². The number of carbonyl (C=O) groups is 2. The zero-order valence-electron chi connectivity index (χ0n) is 11.5. The molecular formula is C15H16N2O4. The number of carboxylic acid groups (broad SMARTS) is 1. The van der Waals surface area contributed by atoms with Crippen LogP contribution >= 0.6 is 0 Å². The van der Waals surface area contributed by atoms with E-state index in [2.05, 4.69) is 5.32 Å². The van der Waals surface area contributed by atoms with E-state index < -0.39 is 18.5 Å². The first-order valence-electron chi connectivity index (χ1n) is 6.46. The molecule has 1 aromatic heterocycles. The number of aliphatic carboxylic acids is 1. The van der Waals surface area contributed by atoms with Gasteiger partial charge < -0.3 is 14.8 Å². The van der Waals surface area contributed by atoms with Crippen molar-refractivity contribution in [3.8, 4) is 0 Å². The summed E-state index contributed by atoms with van der Waals surface area (Å²) in [6.45, 7) is 1.35. The number of amides is 2. The van der Waals surface area contributed by atoms with E-state index in [1.807, 2.05) is 0 Å². The van der Waals surface area contributed by atoms with Crippen molar-refractivity contribution in [1.82, 2.24) is 5.32 Å². The van der Waals surface area contributed by atoms with Crippen molar-refractivity contribution < 1.29 is 19.1 Å². The molecule has 1 heterocycles. The van der Waals surface area contributed by atoms with Crippen LogP contribution in [-0.4, -0.2) is 23.7 Å². The monoisotopic (exact) mass is 288 g/mol. The van der Waals surface area contributed by atoms with Crippen molar-refractivity contribution >= 4 is 17.7 Å². The normalized spacial score (nSPS) is 11.7. The zero-order chi connectivity index (χ0) is 15.2. The van der Waals surface area contributed by atoms with Gasteiger partial charge in [-0.1, -0.05) is 18.2 Å². The maximum atomic E-state index is 12.3. The first-order chi connectivity index (χ1) is 10.1. The van der Waals surface area contributed by atoms with Crippen molar-refractivity contribution in [2.45, 2.75) is 13.0 Å². The Kier molecular flexibility index (Phi) is 4.61. The molecule has 21 heavy (non-hydrogen) atoms. The Morgan fingerprint density at radius 3 is 2.52 bits per heavy atom. The minimum absolute atomic E-state index is 0.354. The molecule has 0 bridgehead atoms. The fourth-order valence-electron chi connectivity index (χ4n) is 1.90. The van der Waals surface area contributed by atoms with Gasteiger partial charge in [-0.05, 0) is 31.2 Å². The highest BCUT2D eigenvalue weighted by molar-refractivity contribution is 5.96. The van der Waals surface area contributed by atoms with Gasteiger partial charge in [0.2, 0.25) is 0 Å². The summed E-state index contributed by atoms with van der Waals surface area (Å²) in [5.74, 6) is -0.480. The molecule has 0 saturated heterocycles. The average molecular weight is 288 g/mol. The molecule has 6 nitrogen and oxygen atoms in total. The summed E-state index contributed by atoms with van der Waals surface area (Å²) in [6.07, 6.45) is 1.52. The number of carboxylic acids is 1. The Bertz CT molecular complexity index is 595. The van der Waals surface area contributed by atoms with E-state index >= 15 is 0 Å². The third-order valence-electron chi connectivity index (χ3n) is 2.92. The number of nitrogens with one attached hydrogen (secondary N) is 1. The number of para-hydroxylation sites is 1. The summed E-state index contributed by atoms with van der Waals surface area (Å²) in [4.78, 5) is 24.4. The number of nitrogens with zero attached hydrogens (tertiary/aromatic N) is 1. The van der Waals surface area contributed by atoms with Crippen LogP contribution in [0.3, 0.4) is 0 Å². The second-order valence-electron chi connectivity index (χ2n) is 4.50. The zero-order valence-corrected chi connectivity index (χ0v) is 11.5. The third-order valence-corrected chi connectivity index (χ3v) is 2.92. The molecule has 1 unspecified atom stereocenters. The van der Waals surface area contributed by atoms with Crippen LogP contribution in [0.1, 0.15) is 18.7 Å². The Balaban J connectivity index is 2.13. The number of carbonyl (C=O) groups excluding carboxylic acids is 1. The second kappa shape index (κ2) is 6.60. The topological polar surface area (TPSA) is 82.8 Å². The number of hydrogen-bond donors (Lipinski definition) is 2. The molecule has 6 heteroatoms. The Hall–Kier alpha value is -2.76. The van der Waals surface area contributed by atoms with Crippen LogP contribution in [-0.2, 0) is 4.79 Å². The van der Waals surface area contributed by atoms with E-state index in [4.69, 9.17) is 9.52 Å². The van der Waals surface area contributed by atoms with Crippen molar-refractivity contribution in [1.29, 1.82) is 0 Å². The van der Waals surface area contributed by atoms with Crippen molar-refractivity contribution in [2.24, 2.45) is 0 Å². The van der Waals surface area contributed by atoms with Gasteiger partial charge >= 0.3 is 12.0 Å². The molecule has 0 spiro atoms. The van der Waals surface area contributed by atoms with E-state index in [-0.39, 0.29) is 6.04 Å². The molecular weight excluding hydrogens is 272 g/mol. The van der Waals surface area contributed by atoms with E-state index in [9.17, 15) is 9.59 Å². The van der Waals surface area contributed by atoms with E-state index in [0.29, 0.717) is 11.4 Å². The molecule has 0 saturated carbocycles. The molecule has 0 aliphatic carbocycles. The fourth-order valence-corrected chi connectivity index (χ4v) is 1.90. The molecule has 0 aliphatic heterocycles. The Morgan fingerprint density at radius 2 is 1.95 bits per heavy atom. The maximum absolute atomic E-state index is 12.3. The summed E-state index contributed by atoms with van der Waals surface area (Å²) in [5, 5.41) is 11.7. The molecule has 2 N–H and O–H groups in total. The number of furan rings is 1. The first-order valence-corrected chi connectivity index (χ1v) is 6.46. The molecule has 2 rings (SSSR count). The number of hydrogen-bond acceptors (Lipinski definition) is 3. The van der Waals surface area contributed by atoms with Crippen LogP contribution in [0.4, 0.5) is 10.5 Å². The number of urea groups is 1. The summed E-state index contributed by atoms with van der Waals surface area (Å²) in [6, 6.07) is 11.3. The van der Waals surface area contributed by atoms with Crippen LogP contribution in [0.15, 0.2) is 53.1 Å². The lowest BCUT2D eigenvalue weighted by Gasteiger charge is -2.23. The maximum Gasteiger partial charge on any atom is 0.323 e. The standard InChI is InChI=1S/C15H16N2O4/c1-11(13-8-5-9-21-13)16-15(20)17(10-14(18)19)12-6-3-2-4-7-12/h2-9,11H,10H2,1H3,(H,16,20)(H,18,19). The smallest absolute Gasteiger partial charge is 0.323 e. The van der Waals surface area contributed by atoms with Crippen molar-refractivity contribution in [2.75, 3.05) is 11.4 Å². The first kappa shape index (κ1) is 14.6. The summed E-state index contributed by atoms with van der Waals surface area (Å²) in [7, 11) is 0. The third kappa shape index (κ3) is 3.85. The van der Waals surface area contributed by atoms with Gasteiger partial charge in [-0.2, -0.15) is 0 Å². The molecule has 0 fully saturated rings. The molecule has 1 atom stereocenters. The Labute approximate surface area is 122 Å². The highest BCUT2D eigenvalue weighted by Crippen LogP contribution is 2.16. The average Bonchev–Trinajstić information content (AvgIpc) is 2.99. The predicted octanol–water partition coefficient (Wildman–Crippen LogP) is 2.64. The van der Waals surface area contributed by atoms with Gasteiger partial charge in [-0.25, -0.2) is 4.79 Å². The van der Waals surface area contributed by atoms with Gasteiger partial charge in [-0.3, -0.25) is 9.69 Å². The second-order valence-corrected chi connectivity index (χ2v) is 4.50. The van der Waals surface area contributed by atoms with Crippen molar-refractivity contribution in [3.63, 3.8) is 0 Å². The van der Waals surface area contributed by atoms with Gasteiger partial charge in [0, 0.05) is 5.69 Å². The lowest BCUT2D eigenvalue weighted by molar-refractivity contribution is -0.135. The van der Waals surface area contributed by atoms with Crippen LogP contribution in [0, 0.1) is 0 Å². The molecule has 2 aromatic rings. The largest absolute Gasteiger partial charge is 0.480 e. The summed E-state index contributed by atoms with van der Waals surface area (Å²) < 4.78 is 5.21. The summed E-state index contributed by atoms with van der Waals surface area (Å²) >= 11 is 0. The lowest BCUT2D eigenvalue weighted by atomic mass is 10.2. The Morgan fingerprint density at radius 1 is 1.24 bits per heavy atom. The molecule has 0 radical (unpaired) electrons. The number of rotatable bonds is 5. The molecule has 0 aliphatic rings. The van der Waals surface area contributed by atoms with Gasteiger partial charge in [-0.15, -0.1) is 0 Å². The molecule has 1 aromatic carbocycles. The molecule has 2 amide bonds. The summed E-state index contributed by atoms with van der Waals surface area (Å²) in [5.41, 5.74) is 0.518. The SMILES string of the molecule is CC(NC(=O)N(CC(=O)O)c1ccccc1)c1ccco1. The lowest BCUT2D eigenvalue weighted by Crippen LogP contribution is -2.43. The quantitative estimate of drug-likeness (QED) is 0.886. The molecule has 110 valence electrons. The highest BCUT2D eigenvalue weighted by atomic mass is 16.4.